The minimum Gasteiger partial charge on any atom is -0.490 e. The minimum absolute atomic E-state index is 0.0114. The average Bonchev–Trinajstić information content (AvgIpc) is 2.73. The van der Waals surface area contributed by atoms with E-state index in [4.69, 9.17) is 9.47 Å². The van der Waals surface area contributed by atoms with Gasteiger partial charge in [-0.25, -0.2) is 4.79 Å². The number of esters is 1. The lowest BCUT2D eigenvalue weighted by Gasteiger charge is -2.25. The lowest BCUT2D eigenvalue weighted by molar-refractivity contribution is -0.274. The number of carbonyl (C=O) groups excluding carboxylic acids is 2. The number of amides is 1. The molecule has 9 heteroatoms. The molecular weight excluding hydrogens is 451 g/mol. The summed E-state index contributed by atoms with van der Waals surface area (Å²) in [5, 5.41) is 2.65. The van der Waals surface area contributed by atoms with Gasteiger partial charge in [-0.1, -0.05) is 24.3 Å². The van der Waals surface area contributed by atoms with E-state index in [1.807, 2.05) is 19.1 Å². The Morgan fingerprint density at radius 1 is 0.971 bits per heavy atom. The molecule has 1 atom stereocenters. The molecule has 2 rings (SSSR count). The summed E-state index contributed by atoms with van der Waals surface area (Å²) in [4.78, 5) is 25.5. The van der Waals surface area contributed by atoms with Gasteiger partial charge < -0.3 is 19.5 Å². The predicted octanol–water partition coefficient (Wildman–Crippen LogP) is 5.22. The Balaban J connectivity index is 2.14. The molecular formula is C25H28F3NO5. The molecule has 1 N–H and O–H groups in total. The Morgan fingerprint density at radius 2 is 1.56 bits per heavy atom. The third-order valence-electron chi connectivity index (χ3n) is 4.29. The number of benzene rings is 2. The van der Waals surface area contributed by atoms with Crippen LogP contribution in [-0.4, -0.2) is 36.5 Å². The highest BCUT2D eigenvalue weighted by molar-refractivity contribution is 5.97. The Labute approximate surface area is 196 Å². The zero-order chi connectivity index (χ0) is 25.4. The summed E-state index contributed by atoms with van der Waals surface area (Å²) in [6, 6.07) is 10.4. The van der Waals surface area contributed by atoms with Gasteiger partial charge in [-0.05, 0) is 69.7 Å². The first-order chi connectivity index (χ1) is 15.9. The zero-order valence-corrected chi connectivity index (χ0v) is 19.4. The van der Waals surface area contributed by atoms with Crippen molar-refractivity contribution >= 4 is 11.9 Å². The van der Waals surface area contributed by atoms with Gasteiger partial charge in [0, 0.05) is 12.0 Å². The van der Waals surface area contributed by atoms with Crippen molar-refractivity contribution in [2.24, 2.45) is 0 Å². The SMILES string of the molecule is CC=CCOc1ccc(C(=O)NC(Cc2ccc(OC(F)(F)F)cc2)C(=O)OC(C)(C)C)cc1. The van der Waals surface area contributed by atoms with Gasteiger partial charge in [0.05, 0.1) is 0 Å². The lowest BCUT2D eigenvalue weighted by atomic mass is 10.0. The summed E-state index contributed by atoms with van der Waals surface area (Å²) in [7, 11) is 0. The molecule has 0 aliphatic carbocycles. The standard InChI is InChI=1S/C25H28F3NO5/c1-5-6-15-32-19-13-9-18(10-14-19)22(30)29-21(23(31)34-24(2,3)4)16-17-7-11-20(12-8-17)33-25(26,27)28/h5-14,21H,15-16H2,1-4H3,(H,29,30). The normalized spacial score (nSPS) is 12.8. The average molecular weight is 479 g/mol. The fraction of sp³-hybridized carbons (Fsp3) is 0.360. The number of carbonyl (C=O) groups is 2. The summed E-state index contributed by atoms with van der Waals surface area (Å²) < 4.78 is 51.9. The quantitative estimate of drug-likeness (QED) is 0.394. The van der Waals surface area contributed by atoms with E-state index in [1.165, 1.54) is 12.1 Å². The molecule has 1 amide bonds. The smallest absolute Gasteiger partial charge is 0.490 e. The van der Waals surface area contributed by atoms with E-state index in [2.05, 4.69) is 10.1 Å². The van der Waals surface area contributed by atoms with Crippen LogP contribution in [0.5, 0.6) is 11.5 Å². The van der Waals surface area contributed by atoms with Crippen LogP contribution in [0.25, 0.3) is 0 Å². The van der Waals surface area contributed by atoms with Crippen LogP contribution in [-0.2, 0) is 16.0 Å². The number of rotatable bonds is 9. The molecule has 34 heavy (non-hydrogen) atoms. The molecule has 0 spiro atoms. The van der Waals surface area contributed by atoms with Crippen LogP contribution in [0.2, 0.25) is 0 Å². The molecule has 0 saturated heterocycles. The number of hydrogen-bond donors (Lipinski definition) is 1. The van der Waals surface area contributed by atoms with E-state index in [-0.39, 0.29) is 12.2 Å². The Morgan fingerprint density at radius 3 is 2.09 bits per heavy atom. The molecule has 0 saturated carbocycles. The van der Waals surface area contributed by atoms with Crippen LogP contribution in [0.1, 0.15) is 43.6 Å². The molecule has 0 aliphatic heterocycles. The molecule has 2 aromatic rings. The van der Waals surface area contributed by atoms with Gasteiger partial charge in [0.2, 0.25) is 0 Å². The number of hydrogen-bond acceptors (Lipinski definition) is 5. The van der Waals surface area contributed by atoms with Gasteiger partial charge in [-0.3, -0.25) is 4.79 Å². The van der Waals surface area contributed by atoms with E-state index in [0.29, 0.717) is 23.5 Å². The van der Waals surface area contributed by atoms with Crippen molar-refractivity contribution in [2.75, 3.05) is 6.61 Å². The minimum atomic E-state index is -4.80. The second kappa shape index (κ2) is 11.6. The number of allylic oxidation sites excluding steroid dienone is 1. The molecule has 0 aromatic heterocycles. The van der Waals surface area contributed by atoms with Crippen LogP contribution in [0.15, 0.2) is 60.7 Å². The maximum atomic E-state index is 12.8. The summed E-state index contributed by atoms with van der Waals surface area (Å²) in [5.74, 6) is -0.971. The van der Waals surface area contributed by atoms with Crippen LogP contribution in [0.4, 0.5) is 13.2 Å². The van der Waals surface area contributed by atoms with Crippen molar-refractivity contribution in [2.45, 2.75) is 52.1 Å². The maximum Gasteiger partial charge on any atom is 0.573 e. The van der Waals surface area contributed by atoms with Crippen molar-refractivity contribution in [1.82, 2.24) is 5.32 Å². The summed E-state index contributed by atoms with van der Waals surface area (Å²) >= 11 is 0. The number of nitrogens with one attached hydrogen (secondary N) is 1. The van der Waals surface area contributed by atoms with E-state index in [1.54, 1.807) is 45.0 Å². The molecule has 0 heterocycles. The topological polar surface area (TPSA) is 73.9 Å². The van der Waals surface area contributed by atoms with E-state index < -0.39 is 29.9 Å². The van der Waals surface area contributed by atoms with Crippen molar-refractivity contribution in [3.8, 4) is 11.5 Å². The molecule has 0 bridgehead atoms. The molecule has 184 valence electrons. The third-order valence-corrected chi connectivity index (χ3v) is 4.29. The Bertz CT molecular complexity index is 978. The fourth-order valence-electron chi connectivity index (χ4n) is 2.81. The van der Waals surface area contributed by atoms with Crippen molar-refractivity contribution in [1.29, 1.82) is 0 Å². The van der Waals surface area contributed by atoms with Gasteiger partial charge in [0.25, 0.3) is 5.91 Å². The zero-order valence-electron chi connectivity index (χ0n) is 19.4. The summed E-state index contributed by atoms with van der Waals surface area (Å²) in [5.41, 5.74) is 0.0235. The summed E-state index contributed by atoms with van der Waals surface area (Å²) in [6.45, 7) is 7.36. The molecule has 0 radical (unpaired) electrons. The Kier molecular flexibility index (Phi) is 9.11. The van der Waals surface area contributed by atoms with E-state index in [0.717, 1.165) is 12.1 Å². The highest BCUT2D eigenvalue weighted by Gasteiger charge is 2.31. The van der Waals surface area contributed by atoms with E-state index in [9.17, 15) is 22.8 Å². The molecule has 0 fully saturated rings. The maximum absolute atomic E-state index is 12.8. The van der Waals surface area contributed by atoms with Crippen molar-refractivity contribution in [3.63, 3.8) is 0 Å². The molecule has 6 nitrogen and oxygen atoms in total. The van der Waals surface area contributed by atoms with Gasteiger partial charge in [-0.15, -0.1) is 13.2 Å². The van der Waals surface area contributed by atoms with Gasteiger partial charge >= 0.3 is 12.3 Å². The van der Waals surface area contributed by atoms with Crippen LogP contribution in [0, 0.1) is 0 Å². The first-order valence-corrected chi connectivity index (χ1v) is 10.6. The molecule has 1 unspecified atom stereocenters. The van der Waals surface area contributed by atoms with Crippen molar-refractivity contribution in [3.05, 3.63) is 71.8 Å². The van der Waals surface area contributed by atoms with Gasteiger partial charge in [0.15, 0.2) is 0 Å². The summed E-state index contributed by atoms with van der Waals surface area (Å²) in [6.07, 6.45) is -1.09. The molecule has 0 aliphatic rings. The first-order valence-electron chi connectivity index (χ1n) is 10.6. The van der Waals surface area contributed by atoms with Crippen LogP contribution < -0.4 is 14.8 Å². The predicted molar refractivity (Wildman–Crippen MR) is 121 cm³/mol. The highest BCUT2D eigenvalue weighted by Crippen LogP contribution is 2.23. The highest BCUT2D eigenvalue weighted by atomic mass is 19.4. The van der Waals surface area contributed by atoms with Gasteiger partial charge in [0.1, 0.15) is 29.7 Å². The number of halogens is 3. The van der Waals surface area contributed by atoms with Crippen molar-refractivity contribution < 1.29 is 37.0 Å². The Hall–Kier alpha value is -3.49. The van der Waals surface area contributed by atoms with E-state index >= 15 is 0 Å². The first kappa shape index (κ1) is 26.8. The second-order valence-corrected chi connectivity index (χ2v) is 8.36. The number of ether oxygens (including phenoxy) is 3. The van der Waals surface area contributed by atoms with Crippen LogP contribution in [0.3, 0.4) is 0 Å². The molecule has 2 aromatic carbocycles. The monoisotopic (exact) mass is 479 g/mol. The fourth-order valence-corrected chi connectivity index (χ4v) is 2.81. The third kappa shape index (κ3) is 9.56. The largest absolute Gasteiger partial charge is 0.573 e. The van der Waals surface area contributed by atoms with Crippen LogP contribution >= 0.6 is 0 Å². The van der Waals surface area contributed by atoms with Gasteiger partial charge in [-0.2, -0.15) is 0 Å². The lowest BCUT2D eigenvalue weighted by Crippen LogP contribution is -2.45. The number of alkyl halides is 3. The second-order valence-electron chi connectivity index (χ2n) is 8.36.